The molecule has 4 heterocycles. The highest BCUT2D eigenvalue weighted by Crippen LogP contribution is 2.35. The Morgan fingerprint density at radius 3 is 2.72 bits per heavy atom. The summed E-state index contributed by atoms with van der Waals surface area (Å²) in [5, 5.41) is 14.6. The monoisotopic (exact) mass is 574 g/mol. The Morgan fingerprint density at radius 2 is 1.86 bits per heavy atom. The lowest BCUT2D eigenvalue weighted by Crippen LogP contribution is -2.42. The number of pyridine rings is 1. The number of anilines is 2. The van der Waals surface area contributed by atoms with Gasteiger partial charge in [-0.15, -0.1) is 0 Å². The minimum atomic E-state index is -0.434. The van der Waals surface area contributed by atoms with Crippen molar-refractivity contribution in [3.05, 3.63) is 100 Å². The molecule has 4 N–H and O–H groups in total. The van der Waals surface area contributed by atoms with E-state index in [0.717, 1.165) is 53.5 Å². The highest BCUT2D eigenvalue weighted by atomic mass is 16.2. The molecule has 2 aromatic carbocycles. The van der Waals surface area contributed by atoms with Gasteiger partial charge in [-0.1, -0.05) is 25.0 Å². The molecule has 3 aliphatic rings. The number of H-pyrrole nitrogens is 1. The van der Waals surface area contributed by atoms with Crippen molar-refractivity contribution in [1.82, 2.24) is 25.0 Å². The van der Waals surface area contributed by atoms with E-state index in [0.29, 0.717) is 28.6 Å². The molecule has 2 aromatic heterocycles. The van der Waals surface area contributed by atoms with E-state index in [-0.39, 0.29) is 17.6 Å². The average Bonchev–Trinajstić information content (AvgIpc) is 3.70. The zero-order chi connectivity index (χ0) is 29.5. The quantitative estimate of drug-likeness (QED) is 0.274. The molecule has 1 saturated carbocycles. The number of likely N-dealkylation sites (N-methyl/N-ethyl adjacent to an activating group) is 1. The van der Waals surface area contributed by atoms with Crippen molar-refractivity contribution in [3.8, 4) is 5.69 Å². The molecule has 1 fully saturated rings. The maximum Gasteiger partial charge on any atom is 0.324 e. The van der Waals surface area contributed by atoms with Crippen LogP contribution >= 0.6 is 0 Å². The van der Waals surface area contributed by atoms with Crippen LogP contribution in [0.4, 0.5) is 16.3 Å². The van der Waals surface area contributed by atoms with Gasteiger partial charge >= 0.3 is 6.03 Å². The number of aromatic amines is 1. The molecule has 0 radical (unpaired) electrons. The van der Waals surface area contributed by atoms with Crippen molar-refractivity contribution in [2.75, 3.05) is 17.7 Å². The Kier molecular flexibility index (Phi) is 6.61. The standard InChI is InChI=1S/C32H30N8O3/c1-39-30-22(17-33-18-34-30)15-25(31(39)42)20-7-4-8-23(13-20)35-32(43)37-28-16-27(19-5-2-3-6-19)38-40(28)24-10-11-26-21(14-24)9-12-29(41)36-26/h4,7-19,30H,2-3,5-6H2,1H3,(H,33,34)(H,36,41)(H2,35,37,43). The molecule has 11 nitrogen and oxygen atoms in total. The van der Waals surface area contributed by atoms with E-state index in [2.05, 4.69) is 25.9 Å². The van der Waals surface area contributed by atoms with Crippen LogP contribution in [0.1, 0.15) is 42.9 Å². The van der Waals surface area contributed by atoms with Crippen molar-refractivity contribution in [1.29, 1.82) is 0 Å². The number of hydrogen-bond acceptors (Lipinski definition) is 6. The Morgan fingerprint density at radius 1 is 1.00 bits per heavy atom. The van der Waals surface area contributed by atoms with Gasteiger partial charge in [0.05, 0.1) is 17.7 Å². The number of urea groups is 1. The summed E-state index contributed by atoms with van der Waals surface area (Å²) in [6, 6.07) is 17.6. The summed E-state index contributed by atoms with van der Waals surface area (Å²) in [7, 11) is 1.73. The van der Waals surface area contributed by atoms with Crippen molar-refractivity contribution in [2.45, 2.75) is 37.8 Å². The van der Waals surface area contributed by atoms with Crippen LogP contribution in [0.15, 0.2) is 88.3 Å². The van der Waals surface area contributed by atoms with E-state index in [4.69, 9.17) is 5.10 Å². The average molecular weight is 575 g/mol. The van der Waals surface area contributed by atoms with Crippen LogP contribution in [0.3, 0.4) is 0 Å². The first-order chi connectivity index (χ1) is 20.9. The van der Waals surface area contributed by atoms with Crippen molar-refractivity contribution in [2.24, 2.45) is 4.99 Å². The number of nitrogens with one attached hydrogen (secondary N) is 4. The van der Waals surface area contributed by atoms with Crippen molar-refractivity contribution in [3.63, 3.8) is 0 Å². The summed E-state index contributed by atoms with van der Waals surface area (Å²) in [4.78, 5) is 47.0. The Hall–Kier alpha value is -5.45. The molecule has 7 rings (SSSR count). The largest absolute Gasteiger partial charge is 0.353 e. The lowest BCUT2D eigenvalue weighted by molar-refractivity contribution is -0.125. The van der Waals surface area contributed by atoms with Crippen LogP contribution in [0.25, 0.3) is 22.2 Å². The first kappa shape index (κ1) is 26.4. The highest BCUT2D eigenvalue weighted by molar-refractivity contribution is 6.21. The first-order valence-corrected chi connectivity index (χ1v) is 14.3. The van der Waals surface area contributed by atoms with Crippen LogP contribution in [-0.4, -0.2) is 51.2 Å². The van der Waals surface area contributed by atoms with E-state index in [9.17, 15) is 14.4 Å². The highest BCUT2D eigenvalue weighted by Gasteiger charge is 2.31. The molecular weight excluding hydrogens is 544 g/mol. The molecule has 43 heavy (non-hydrogen) atoms. The minimum Gasteiger partial charge on any atom is -0.353 e. The summed E-state index contributed by atoms with van der Waals surface area (Å²) >= 11 is 0. The van der Waals surface area contributed by atoms with Crippen LogP contribution in [-0.2, 0) is 4.79 Å². The minimum absolute atomic E-state index is 0.148. The predicted molar refractivity (Wildman–Crippen MR) is 166 cm³/mol. The fourth-order valence-electron chi connectivity index (χ4n) is 6.01. The Bertz CT molecular complexity index is 1910. The summed E-state index contributed by atoms with van der Waals surface area (Å²) in [6.45, 7) is 0. The van der Waals surface area contributed by atoms with E-state index in [1.807, 2.05) is 42.6 Å². The lowest BCUT2D eigenvalue weighted by atomic mass is 9.96. The summed E-state index contributed by atoms with van der Waals surface area (Å²) < 4.78 is 1.74. The third-order valence-electron chi connectivity index (χ3n) is 8.19. The second kappa shape index (κ2) is 10.8. The van der Waals surface area contributed by atoms with Gasteiger partial charge in [0.2, 0.25) is 5.56 Å². The van der Waals surface area contributed by atoms with E-state index >= 15 is 0 Å². The van der Waals surface area contributed by atoms with Crippen molar-refractivity contribution >= 4 is 46.3 Å². The fourth-order valence-corrected chi connectivity index (χ4v) is 6.01. The zero-order valence-electron chi connectivity index (χ0n) is 23.5. The predicted octanol–water partition coefficient (Wildman–Crippen LogP) is 4.71. The van der Waals surface area contributed by atoms with Gasteiger partial charge in [-0.25, -0.2) is 14.5 Å². The molecule has 0 spiro atoms. The maximum absolute atomic E-state index is 13.3. The van der Waals surface area contributed by atoms with Gasteiger partial charge in [0.15, 0.2) is 6.17 Å². The number of carbonyl (C=O) groups excluding carboxylic acids is 2. The second-order valence-corrected chi connectivity index (χ2v) is 11.0. The normalized spacial score (nSPS) is 18.2. The van der Waals surface area contributed by atoms with Crippen LogP contribution in [0.2, 0.25) is 0 Å². The molecule has 0 saturated heterocycles. The first-order valence-electron chi connectivity index (χ1n) is 14.3. The molecule has 11 heteroatoms. The number of hydrogen-bond donors (Lipinski definition) is 4. The molecule has 1 unspecified atom stereocenters. The molecule has 0 bridgehead atoms. The fraction of sp³-hybridized carbons (Fsp3) is 0.219. The van der Waals surface area contributed by atoms with E-state index in [1.54, 1.807) is 47.2 Å². The van der Waals surface area contributed by atoms with Gasteiger partial charge in [0.1, 0.15) is 5.82 Å². The molecule has 2 aliphatic heterocycles. The maximum atomic E-state index is 13.3. The van der Waals surface area contributed by atoms with Gasteiger partial charge in [-0.05, 0) is 60.9 Å². The zero-order valence-corrected chi connectivity index (χ0v) is 23.5. The molecular formula is C32H30N8O3. The summed E-state index contributed by atoms with van der Waals surface area (Å²) in [5.41, 5.74) is 4.89. The van der Waals surface area contributed by atoms with Crippen LogP contribution < -0.4 is 21.5 Å². The van der Waals surface area contributed by atoms with Gasteiger partial charge in [0, 0.05) is 59.0 Å². The summed E-state index contributed by atoms with van der Waals surface area (Å²) in [6.07, 6.45) is 9.34. The summed E-state index contributed by atoms with van der Waals surface area (Å²) in [5.74, 6) is 0.734. The van der Waals surface area contributed by atoms with Gasteiger partial charge < -0.3 is 20.5 Å². The smallest absolute Gasteiger partial charge is 0.324 e. The number of fused-ring (bicyclic) bond motifs is 2. The number of benzene rings is 2. The topological polar surface area (TPSA) is 137 Å². The third kappa shape index (κ3) is 5.09. The van der Waals surface area contributed by atoms with E-state index < -0.39 is 6.03 Å². The second-order valence-electron chi connectivity index (χ2n) is 11.0. The molecule has 1 aliphatic carbocycles. The Labute approximate surface area is 247 Å². The van der Waals surface area contributed by atoms with Crippen LogP contribution in [0.5, 0.6) is 0 Å². The SMILES string of the molecule is CN1C(=O)C(c2cccc(NC(=O)Nc3cc(C4CCCC4)nn3-c3ccc4[nH]c(=O)ccc4c3)c2)=CC2=CNC=NC21. The van der Waals surface area contributed by atoms with Gasteiger partial charge in [-0.3, -0.25) is 14.9 Å². The number of aliphatic imine (C=N–C) groups is 1. The number of rotatable bonds is 5. The van der Waals surface area contributed by atoms with Crippen LogP contribution in [0, 0.1) is 0 Å². The number of carbonyl (C=O) groups is 2. The van der Waals surface area contributed by atoms with E-state index in [1.165, 1.54) is 6.07 Å². The van der Waals surface area contributed by atoms with Gasteiger partial charge in [-0.2, -0.15) is 5.10 Å². The molecule has 4 aromatic rings. The number of amides is 3. The molecule has 1 atom stereocenters. The Balaban J connectivity index is 1.16. The number of aromatic nitrogens is 3. The molecule has 216 valence electrons. The third-order valence-corrected chi connectivity index (χ3v) is 8.19. The number of nitrogens with zero attached hydrogens (tertiary/aromatic N) is 4. The molecule has 3 amide bonds. The lowest BCUT2D eigenvalue weighted by Gasteiger charge is -2.32. The van der Waals surface area contributed by atoms with Crippen molar-refractivity contribution < 1.29 is 9.59 Å². The van der Waals surface area contributed by atoms with Gasteiger partial charge in [0.25, 0.3) is 5.91 Å².